The zero-order chi connectivity index (χ0) is 12.3. The Hall–Kier alpha value is -0.730. The predicted molar refractivity (Wildman–Crippen MR) is 72.7 cm³/mol. The number of anilines is 1. The first-order chi connectivity index (χ1) is 8.26. The van der Waals surface area contributed by atoms with Crippen molar-refractivity contribution in [3.63, 3.8) is 0 Å². The van der Waals surface area contributed by atoms with E-state index < -0.39 is 0 Å². The maximum Gasteiger partial charge on any atom is 0.0702 e. The van der Waals surface area contributed by atoms with E-state index in [0.29, 0.717) is 6.04 Å². The van der Waals surface area contributed by atoms with Gasteiger partial charge in [0.15, 0.2) is 0 Å². The molecule has 1 fully saturated rings. The van der Waals surface area contributed by atoms with Gasteiger partial charge in [-0.25, -0.2) is 0 Å². The molecule has 0 atom stereocenters. The Morgan fingerprint density at radius 1 is 1.41 bits per heavy atom. The summed E-state index contributed by atoms with van der Waals surface area (Å²) in [5, 5.41) is 10.2. The van der Waals surface area contributed by atoms with Gasteiger partial charge in [0.05, 0.1) is 6.61 Å². The average Bonchev–Trinajstić information content (AvgIpc) is 3.14. The van der Waals surface area contributed by atoms with E-state index in [4.69, 9.17) is 11.6 Å². The molecule has 17 heavy (non-hydrogen) atoms. The van der Waals surface area contributed by atoms with Crippen LogP contribution in [0.3, 0.4) is 0 Å². The first-order valence-corrected chi connectivity index (χ1v) is 6.80. The van der Waals surface area contributed by atoms with Gasteiger partial charge >= 0.3 is 0 Å². The van der Waals surface area contributed by atoms with Gasteiger partial charge < -0.3 is 10.0 Å². The number of hydrogen-bond donors (Lipinski definition) is 1. The van der Waals surface area contributed by atoms with Crippen LogP contribution in [0.2, 0.25) is 5.02 Å². The molecule has 1 aromatic rings. The van der Waals surface area contributed by atoms with Crippen molar-refractivity contribution in [3.8, 4) is 0 Å². The zero-order valence-corrected chi connectivity index (χ0v) is 11.1. The highest BCUT2D eigenvalue weighted by molar-refractivity contribution is 6.30. The largest absolute Gasteiger partial charge is 0.392 e. The molecule has 0 heterocycles. The third-order valence-corrected chi connectivity index (χ3v) is 3.50. The van der Waals surface area contributed by atoms with Crippen LogP contribution >= 0.6 is 11.6 Å². The number of unbranched alkanes of at least 4 members (excludes halogenated alkanes) is 1. The monoisotopic (exact) mass is 253 g/mol. The molecule has 1 aliphatic carbocycles. The van der Waals surface area contributed by atoms with Crippen molar-refractivity contribution in [2.75, 3.05) is 11.4 Å². The summed E-state index contributed by atoms with van der Waals surface area (Å²) < 4.78 is 0. The topological polar surface area (TPSA) is 23.5 Å². The number of nitrogens with zero attached hydrogens (tertiary/aromatic N) is 1. The molecule has 0 aliphatic heterocycles. The maximum absolute atomic E-state index is 9.42. The number of aliphatic hydroxyl groups is 1. The van der Waals surface area contributed by atoms with E-state index >= 15 is 0 Å². The normalized spacial score (nSPS) is 15.0. The fourth-order valence-electron chi connectivity index (χ4n) is 2.15. The minimum Gasteiger partial charge on any atom is -0.392 e. The van der Waals surface area contributed by atoms with Gasteiger partial charge in [0.1, 0.15) is 0 Å². The second-order valence-electron chi connectivity index (χ2n) is 4.71. The second-order valence-corrected chi connectivity index (χ2v) is 5.15. The highest BCUT2D eigenvalue weighted by Gasteiger charge is 2.29. The van der Waals surface area contributed by atoms with Crippen LogP contribution in [0.5, 0.6) is 0 Å². The van der Waals surface area contributed by atoms with Crippen LogP contribution in [0.4, 0.5) is 5.69 Å². The molecule has 0 bridgehead atoms. The van der Waals surface area contributed by atoms with E-state index in [1.165, 1.54) is 25.7 Å². The average molecular weight is 254 g/mol. The molecule has 2 nitrogen and oxygen atoms in total. The minimum atomic E-state index is 0.0852. The fraction of sp³-hybridized carbons (Fsp3) is 0.571. The second kappa shape index (κ2) is 5.74. The van der Waals surface area contributed by atoms with Crippen molar-refractivity contribution < 1.29 is 5.11 Å². The molecule has 1 aromatic carbocycles. The van der Waals surface area contributed by atoms with Crippen LogP contribution in [-0.2, 0) is 6.61 Å². The van der Waals surface area contributed by atoms with Crippen molar-refractivity contribution in [3.05, 3.63) is 28.8 Å². The lowest BCUT2D eigenvalue weighted by Gasteiger charge is -2.27. The van der Waals surface area contributed by atoms with Gasteiger partial charge in [0.25, 0.3) is 0 Å². The molecule has 94 valence electrons. The van der Waals surface area contributed by atoms with Crippen molar-refractivity contribution in [2.45, 2.75) is 45.3 Å². The fourth-order valence-corrected chi connectivity index (χ4v) is 2.32. The van der Waals surface area contributed by atoms with Crippen molar-refractivity contribution >= 4 is 17.3 Å². The van der Waals surface area contributed by atoms with Crippen LogP contribution in [0.1, 0.15) is 38.2 Å². The molecule has 0 saturated heterocycles. The van der Waals surface area contributed by atoms with Crippen molar-refractivity contribution in [2.24, 2.45) is 0 Å². The highest BCUT2D eigenvalue weighted by atomic mass is 35.5. The lowest BCUT2D eigenvalue weighted by molar-refractivity contribution is 0.282. The number of aliphatic hydroxyl groups excluding tert-OH is 1. The van der Waals surface area contributed by atoms with E-state index in [2.05, 4.69) is 11.8 Å². The van der Waals surface area contributed by atoms with Gasteiger partial charge in [-0.05, 0) is 31.4 Å². The molecule has 1 N–H and O–H groups in total. The minimum absolute atomic E-state index is 0.0852. The Morgan fingerprint density at radius 2 is 2.18 bits per heavy atom. The Labute approximate surface area is 108 Å². The molecule has 1 saturated carbocycles. The third-order valence-electron chi connectivity index (χ3n) is 3.27. The van der Waals surface area contributed by atoms with Gasteiger partial charge in [-0.15, -0.1) is 0 Å². The van der Waals surface area contributed by atoms with Gasteiger partial charge in [0, 0.05) is 28.9 Å². The summed E-state index contributed by atoms with van der Waals surface area (Å²) >= 11 is 6.07. The van der Waals surface area contributed by atoms with Gasteiger partial charge in [-0.2, -0.15) is 0 Å². The summed E-state index contributed by atoms with van der Waals surface area (Å²) in [7, 11) is 0. The molecular formula is C14H20ClNO. The molecule has 0 amide bonds. The van der Waals surface area contributed by atoms with Crippen LogP contribution in [-0.4, -0.2) is 17.7 Å². The van der Waals surface area contributed by atoms with E-state index in [-0.39, 0.29) is 6.61 Å². The number of benzene rings is 1. The Bertz CT molecular complexity index is 376. The summed E-state index contributed by atoms with van der Waals surface area (Å²) in [6.45, 7) is 3.35. The lowest BCUT2D eigenvalue weighted by Crippen LogP contribution is -2.27. The van der Waals surface area contributed by atoms with Gasteiger partial charge in [-0.1, -0.05) is 31.0 Å². The van der Waals surface area contributed by atoms with E-state index in [0.717, 1.165) is 22.8 Å². The Balaban J connectivity index is 2.23. The standard InChI is InChI=1S/C14H20ClNO/c1-2-3-8-16(13-6-7-13)14-9-12(15)5-4-11(14)10-17/h4-5,9,13,17H,2-3,6-8,10H2,1H3. The van der Waals surface area contributed by atoms with Crippen molar-refractivity contribution in [1.29, 1.82) is 0 Å². The van der Waals surface area contributed by atoms with E-state index in [9.17, 15) is 5.11 Å². The summed E-state index contributed by atoms with van der Waals surface area (Å²) in [5.41, 5.74) is 2.10. The smallest absolute Gasteiger partial charge is 0.0702 e. The van der Waals surface area contributed by atoms with Crippen LogP contribution in [0.25, 0.3) is 0 Å². The first kappa shape index (κ1) is 12.7. The molecule has 0 spiro atoms. The van der Waals surface area contributed by atoms with Crippen molar-refractivity contribution in [1.82, 2.24) is 0 Å². The van der Waals surface area contributed by atoms with Crippen LogP contribution in [0, 0.1) is 0 Å². The number of halogens is 1. The molecule has 3 heteroatoms. The lowest BCUT2D eigenvalue weighted by atomic mass is 10.1. The van der Waals surface area contributed by atoms with Gasteiger partial charge in [0.2, 0.25) is 0 Å². The first-order valence-electron chi connectivity index (χ1n) is 6.42. The Morgan fingerprint density at radius 3 is 2.76 bits per heavy atom. The van der Waals surface area contributed by atoms with E-state index in [1.807, 2.05) is 18.2 Å². The van der Waals surface area contributed by atoms with Gasteiger partial charge in [-0.3, -0.25) is 0 Å². The van der Waals surface area contributed by atoms with Crippen LogP contribution < -0.4 is 4.90 Å². The summed E-state index contributed by atoms with van der Waals surface area (Å²) in [5.74, 6) is 0. The Kier molecular flexibility index (Phi) is 4.30. The quantitative estimate of drug-likeness (QED) is 0.837. The number of hydrogen-bond acceptors (Lipinski definition) is 2. The zero-order valence-electron chi connectivity index (χ0n) is 10.3. The molecule has 0 unspecified atom stereocenters. The summed E-state index contributed by atoms with van der Waals surface area (Å²) in [4.78, 5) is 2.42. The maximum atomic E-state index is 9.42. The summed E-state index contributed by atoms with van der Waals surface area (Å²) in [6, 6.07) is 6.42. The molecule has 0 radical (unpaired) electrons. The van der Waals surface area contributed by atoms with Crippen LogP contribution in [0.15, 0.2) is 18.2 Å². The molecular weight excluding hydrogens is 234 g/mol. The predicted octanol–water partition coefficient (Wildman–Crippen LogP) is 3.60. The molecule has 1 aliphatic rings. The molecule has 0 aromatic heterocycles. The number of rotatable bonds is 6. The third kappa shape index (κ3) is 3.14. The molecule has 2 rings (SSSR count). The highest BCUT2D eigenvalue weighted by Crippen LogP contribution is 2.35. The van der Waals surface area contributed by atoms with E-state index in [1.54, 1.807) is 0 Å². The summed E-state index contributed by atoms with van der Waals surface area (Å²) in [6.07, 6.45) is 4.91. The SMILES string of the molecule is CCCCN(c1cc(Cl)ccc1CO)C1CC1.